The van der Waals surface area contributed by atoms with E-state index >= 15 is 0 Å². The summed E-state index contributed by atoms with van der Waals surface area (Å²) in [7, 11) is 0. The SMILES string of the molecule is CCCCCC(N)C(=O)N1CCCCC1. The minimum atomic E-state index is -0.255. The van der Waals surface area contributed by atoms with Crippen molar-refractivity contribution in [2.24, 2.45) is 5.73 Å². The first kappa shape index (κ1) is 12.5. The van der Waals surface area contributed by atoms with Gasteiger partial charge in [-0.3, -0.25) is 4.79 Å². The average molecular weight is 212 g/mol. The fourth-order valence-electron chi connectivity index (χ4n) is 2.09. The quantitative estimate of drug-likeness (QED) is 0.708. The summed E-state index contributed by atoms with van der Waals surface area (Å²) in [5, 5.41) is 0. The summed E-state index contributed by atoms with van der Waals surface area (Å²) in [5.74, 6) is 0.172. The monoisotopic (exact) mass is 212 g/mol. The number of hydrogen-bond donors (Lipinski definition) is 1. The van der Waals surface area contributed by atoms with Crippen LogP contribution in [0.5, 0.6) is 0 Å². The molecule has 15 heavy (non-hydrogen) atoms. The summed E-state index contributed by atoms with van der Waals surface area (Å²) in [4.78, 5) is 13.8. The number of unbranched alkanes of at least 4 members (excludes halogenated alkanes) is 2. The fraction of sp³-hybridized carbons (Fsp3) is 0.917. The molecule has 1 amide bonds. The predicted octanol–water partition coefficient (Wildman–Crippen LogP) is 1.91. The number of nitrogens with two attached hydrogens (primary N) is 1. The Morgan fingerprint density at radius 2 is 1.93 bits per heavy atom. The molecule has 0 saturated carbocycles. The highest BCUT2D eigenvalue weighted by molar-refractivity contribution is 5.81. The van der Waals surface area contributed by atoms with Gasteiger partial charge in [0.2, 0.25) is 5.91 Å². The number of nitrogens with zero attached hydrogens (tertiary/aromatic N) is 1. The van der Waals surface area contributed by atoms with Crippen LogP contribution in [0.3, 0.4) is 0 Å². The highest BCUT2D eigenvalue weighted by Crippen LogP contribution is 2.11. The highest BCUT2D eigenvalue weighted by Gasteiger charge is 2.21. The largest absolute Gasteiger partial charge is 0.341 e. The fourth-order valence-corrected chi connectivity index (χ4v) is 2.09. The van der Waals surface area contributed by atoms with E-state index in [9.17, 15) is 4.79 Å². The van der Waals surface area contributed by atoms with Gasteiger partial charge >= 0.3 is 0 Å². The molecule has 0 bridgehead atoms. The molecule has 0 aliphatic carbocycles. The zero-order valence-electron chi connectivity index (χ0n) is 9.87. The van der Waals surface area contributed by atoms with Gasteiger partial charge in [0.05, 0.1) is 6.04 Å². The molecule has 88 valence electrons. The molecule has 3 heteroatoms. The Labute approximate surface area is 93.0 Å². The predicted molar refractivity (Wildman–Crippen MR) is 62.5 cm³/mol. The number of rotatable bonds is 5. The second kappa shape index (κ2) is 6.83. The average Bonchev–Trinajstić information content (AvgIpc) is 2.29. The summed E-state index contributed by atoms with van der Waals surface area (Å²) in [5.41, 5.74) is 5.90. The van der Waals surface area contributed by atoms with Gasteiger partial charge in [0, 0.05) is 13.1 Å². The van der Waals surface area contributed by atoms with Crippen LogP contribution in [-0.2, 0) is 4.79 Å². The van der Waals surface area contributed by atoms with Crippen molar-refractivity contribution in [1.82, 2.24) is 4.90 Å². The van der Waals surface area contributed by atoms with Crippen LogP contribution in [0.2, 0.25) is 0 Å². The van der Waals surface area contributed by atoms with Crippen LogP contribution >= 0.6 is 0 Å². The van der Waals surface area contributed by atoms with Gasteiger partial charge in [-0.05, 0) is 25.7 Å². The van der Waals surface area contributed by atoms with Gasteiger partial charge in [0.15, 0.2) is 0 Å². The van der Waals surface area contributed by atoms with Crippen molar-refractivity contribution in [2.75, 3.05) is 13.1 Å². The summed E-state index contributed by atoms with van der Waals surface area (Å²) in [6, 6.07) is -0.255. The molecule has 0 aromatic rings. The van der Waals surface area contributed by atoms with Gasteiger partial charge in [-0.2, -0.15) is 0 Å². The van der Waals surface area contributed by atoms with Gasteiger partial charge in [0.25, 0.3) is 0 Å². The number of piperidine rings is 1. The van der Waals surface area contributed by atoms with Crippen LogP contribution in [0.25, 0.3) is 0 Å². The summed E-state index contributed by atoms with van der Waals surface area (Å²) in [6.45, 7) is 4.00. The van der Waals surface area contributed by atoms with Crippen LogP contribution in [0.1, 0.15) is 51.9 Å². The van der Waals surface area contributed by atoms with Crippen LogP contribution < -0.4 is 5.73 Å². The van der Waals surface area contributed by atoms with Gasteiger partial charge in [-0.25, -0.2) is 0 Å². The van der Waals surface area contributed by atoms with Crippen molar-refractivity contribution < 1.29 is 4.79 Å². The smallest absolute Gasteiger partial charge is 0.239 e. The van der Waals surface area contributed by atoms with E-state index in [-0.39, 0.29) is 11.9 Å². The van der Waals surface area contributed by atoms with E-state index in [0.717, 1.165) is 38.8 Å². The van der Waals surface area contributed by atoms with Crippen LogP contribution in [0.4, 0.5) is 0 Å². The number of carbonyl (C=O) groups is 1. The maximum Gasteiger partial charge on any atom is 0.239 e. The molecular formula is C12H24N2O. The van der Waals surface area contributed by atoms with Crippen LogP contribution in [0, 0.1) is 0 Å². The van der Waals surface area contributed by atoms with Crippen LogP contribution in [0.15, 0.2) is 0 Å². The first-order chi connectivity index (χ1) is 7.25. The second-order valence-electron chi connectivity index (χ2n) is 4.49. The van der Waals surface area contributed by atoms with Crippen molar-refractivity contribution in [2.45, 2.75) is 57.9 Å². The maximum atomic E-state index is 11.9. The van der Waals surface area contributed by atoms with E-state index < -0.39 is 0 Å². The molecule has 1 aliphatic heterocycles. The summed E-state index contributed by atoms with van der Waals surface area (Å²) >= 11 is 0. The maximum absolute atomic E-state index is 11.9. The van der Waals surface area contributed by atoms with E-state index in [1.54, 1.807) is 0 Å². The minimum Gasteiger partial charge on any atom is -0.341 e. The molecule has 1 atom stereocenters. The number of carbonyl (C=O) groups excluding carboxylic acids is 1. The molecule has 0 aromatic carbocycles. The molecule has 2 N–H and O–H groups in total. The van der Waals surface area contributed by atoms with Gasteiger partial charge in [-0.1, -0.05) is 26.2 Å². The van der Waals surface area contributed by atoms with E-state index in [4.69, 9.17) is 5.73 Å². The molecule has 1 rings (SSSR count). The zero-order valence-corrected chi connectivity index (χ0v) is 9.87. The lowest BCUT2D eigenvalue weighted by Gasteiger charge is -2.29. The van der Waals surface area contributed by atoms with Gasteiger partial charge in [-0.15, -0.1) is 0 Å². The first-order valence-electron chi connectivity index (χ1n) is 6.30. The normalized spacial score (nSPS) is 18.9. The molecule has 1 unspecified atom stereocenters. The first-order valence-corrected chi connectivity index (χ1v) is 6.30. The Balaban J connectivity index is 2.24. The molecule has 0 aromatic heterocycles. The lowest BCUT2D eigenvalue weighted by Crippen LogP contribution is -2.45. The topological polar surface area (TPSA) is 46.3 Å². The number of hydrogen-bond acceptors (Lipinski definition) is 2. The lowest BCUT2D eigenvalue weighted by molar-refractivity contribution is -0.133. The van der Waals surface area contributed by atoms with E-state index in [1.807, 2.05) is 4.90 Å². The van der Waals surface area contributed by atoms with Gasteiger partial charge in [0.1, 0.15) is 0 Å². The minimum absolute atomic E-state index is 0.172. The molecular weight excluding hydrogens is 188 g/mol. The molecule has 1 heterocycles. The van der Waals surface area contributed by atoms with E-state index in [0.29, 0.717) is 0 Å². The Hall–Kier alpha value is -0.570. The Kier molecular flexibility index (Phi) is 5.69. The third-order valence-corrected chi connectivity index (χ3v) is 3.10. The van der Waals surface area contributed by atoms with Crippen molar-refractivity contribution >= 4 is 5.91 Å². The van der Waals surface area contributed by atoms with Crippen LogP contribution in [-0.4, -0.2) is 29.9 Å². The van der Waals surface area contributed by atoms with E-state index in [1.165, 1.54) is 19.3 Å². The summed E-state index contributed by atoms with van der Waals surface area (Å²) < 4.78 is 0. The molecule has 3 nitrogen and oxygen atoms in total. The summed E-state index contributed by atoms with van der Waals surface area (Å²) in [6.07, 6.45) is 7.85. The Morgan fingerprint density at radius 3 is 2.53 bits per heavy atom. The second-order valence-corrected chi connectivity index (χ2v) is 4.49. The van der Waals surface area contributed by atoms with Crippen molar-refractivity contribution in [3.05, 3.63) is 0 Å². The number of amides is 1. The van der Waals surface area contributed by atoms with E-state index in [2.05, 4.69) is 6.92 Å². The Bertz CT molecular complexity index is 188. The van der Waals surface area contributed by atoms with Gasteiger partial charge < -0.3 is 10.6 Å². The van der Waals surface area contributed by atoms with Crippen molar-refractivity contribution in [1.29, 1.82) is 0 Å². The molecule has 1 fully saturated rings. The third kappa shape index (κ3) is 4.20. The van der Waals surface area contributed by atoms with Crippen molar-refractivity contribution in [3.63, 3.8) is 0 Å². The lowest BCUT2D eigenvalue weighted by atomic mass is 10.1. The molecule has 1 saturated heterocycles. The van der Waals surface area contributed by atoms with Crippen molar-refractivity contribution in [3.8, 4) is 0 Å². The Morgan fingerprint density at radius 1 is 1.27 bits per heavy atom. The number of likely N-dealkylation sites (tertiary alicyclic amines) is 1. The molecule has 1 aliphatic rings. The third-order valence-electron chi connectivity index (χ3n) is 3.10. The molecule has 0 spiro atoms. The highest BCUT2D eigenvalue weighted by atomic mass is 16.2. The standard InChI is InChI=1S/C12H24N2O/c1-2-3-5-8-11(13)12(15)14-9-6-4-7-10-14/h11H,2-10,13H2,1H3. The molecule has 0 radical (unpaired) electrons. The zero-order chi connectivity index (χ0) is 11.1.